The molecule has 0 aromatic heterocycles. The Labute approximate surface area is 130 Å². The fraction of sp³-hybridized carbons (Fsp3) is 0.250. The maximum atomic E-state index is 11.8. The van der Waals surface area contributed by atoms with Gasteiger partial charge in [0.25, 0.3) is 0 Å². The maximum Gasteiger partial charge on any atom is 0.178 e. The van der Waals surface area contributed by atoms with E-state index in [1.54, 1.807) is 31.2 Å². The van der Waals surface area contributed by atoms with Gasteiger partial charge in [0.2, 0.25) is 0 Å². The molecule has 2 rings (SSSR count). The first-order valence-corrected chi connectivity index (χ1v) is 8.80. The number of anilines is 1. The first-order chi connectivity index (χ1) is 9.92. The summed E-state index contributed by atoms with van der Waals surface area (Å²) < 4.78 is 23.5. The number of hydrogen-bond donors (Lipinski definition) is 1. The van der Waals surface area contributed by atoms with Crippen LogP contribution in [0.25, 0.3) is 0 Å². The molecule has 21 heavy (non-hydrogen) atoms. The van der Waals surface area contributed by atoms with E-state index >= 15 is 0 Å². The summed E-state index contributed by atoms with van der Waals surface area (Å²) in [6.45, 7) is 3.67. The zero-order chi connectivity index (χ0) is 15.5. The predicted molar refractivity (Wildman–Crippen MR) is 87.7 cm³/mol. The van der Waals surface area contributed by atoms with Crippen molar-refractivity contribution in [2.75, 3.05) is 11.1 Å². The van der Waals surface area contributed by atoms with Gasteiger partial charge in [-0.25, -0.2) is 8.42 Å². The molecule has 0 saturated heterocycles. The van der Waals surface area contributed by atoms with Gasteiger partial charge in [0, 0.05) is 16.8 Å². The summed E-state index contributed by atoms with van der Waals surface area (Å²) in [5, 5.41) is 4.03. The molecule has 1 unspecified atom stereocenters. The Morgan fingerprint density at radius 2 is 1.81 bits per heavy atom. The highest BCUT2D eigenvalue weighted by molar-refractivity contribution is 7.91. The molecule has 0 aliphatic rings. The smallest absolute Gasteiger partial charge is 0.178 e. The maximum absolute atomic E-state index is 11.8. The summed E-state index contributed by atoms with van der Waals surface area (Å²) in [7, 11) is -3.15. The van der Waals surface area contributed by atoms with Gasteiger partial charge in [-0.15, -0.1) is 0 Å². The Hall–Kier alpha value is -1.52. The lowest BCUT2D eigenvalue weighted by Crippen LogP contribution is -2.07. The summed E-state index contributed by atoms with van der Waals surface area (Å²) in [4.78, 5) is 0.353. The lowest BCUT2D eigenvalue weighted by molar-refractivity contribution is 0.597. The molecule has 1 atom stereocenters. The van der Waals surface area contributed by atoms with Gasteiger partial charge in [-0.2, -0.15) is 0 Å². The van der Waals surface area contributed by atoms with Crippen LogP contribution in [0, 0.1) is 0 Å². The van der Waals surface area contributed by atoms with Crippen molar-refractivity contribution in [3.8, 4) is 0 Å². The van der Waals surface area contributed by atoms with E-state index in [0.717, 1.165) is 11.3 Å². The first-order valence-electron chi connectivity index (χ1n) is 6.77. The molecule has 0 aliphatic carbocycles. The van der Waals surface area contributed by atoms with Crippen LogP contribution in [-0.4, -0.2) is 14.2 Å². The monoisotopic (exact) mass is 323 g/mol. The molecule has 0 aliphatic heterocycles. The molecule has 112 valence electrons. The van der Waals surface area contributed by atoms with Gasteiger partial charge in [-0.3, -0.25) is 0 Å². The van der Waals surface area contributed by atoms with Crippen molar-refractivity contribution < 1.29 is 8.42 Å². The van der Waals surface area contributed by atoms with Crippen LogP contribution in [0.4, 0.5) is 5.69 Å². The van der Waals surface area contributed by atoms with Gasteiger partial charge in [-0.05, 0) is 48.9 Å². The van der Waals surface area contributed by atoms with Crippen LogP contribution >= 0.6 is 11.6 Å². The highest BCUT2D eigenvalue weighted by atomic mass is 35.5. The molecule has 2 aromatic carbocycles. The first kappa shape index (κ1) is 15.9. The minimum Gasteiger partial charge on any atom is -0.379 e. The minimum absolute atomic E-state index is 0.0809. The van der Waals surface area contributed by atoms with Gasteiger partial charge < -0.3 is 5.32 Å². The Kier molecular flexibility index (Phi) is 4.91. The van der Waals surface area contributed by atoms with Crippen molar-refractivity contribution in [3.05, 3.63) is 59.1 Å². The Bertz CT molecular complexity index is 711. The number of nitrogens with one attached hydrogen (secondary N) is 1. The van der Waals surface area contributed by atoms with Gasteiger partial charge in [-0.1, -0.05) is 30.7 Å². The fourth-order valence-corrected chi connectivity index (χ4v) is 3.12. The number of benzene rings is 2. The summed E-state index contributed by atoms with van der Waals surface area (Å²) >= 11 is 5.98. The summed E-state index contributed by atoms with van der Waals surface area (Å²) in [6, 6.07) is 14.6. The minimum atomic E-state index is -3.15. The lowest BCUT2D eigenvalue weighted by Gasteiger charge is -2.16. The molecule has 0 heterocycles. The van der Waals surface area contributed by atoms with E-state index in [2.05, 4.69) is 5.32 Å². The molecule has 1 N–H and O–H groups in total. The van der Waals surface area contributed by atoms with Gasteiger partial charge in [0.1, 0.15) is 0 Å². The van der Waals surface area contributed by atoms with E-state index in [-0.39, 0.29) is 11.8 Å². The highest BCUT2D eigenvalue weighted by Crippen LogP contribution is 2.23. The van der Waals surface area contributed by atoms with Crippen molar-refractivity contribution in [2.45, 2.75) is 24.8 Å². The molecule has 2 aromatic rings. The number of halogens is 1. The predicted octanol–water partition coefficient (Wildman–Crippen LogP) is 4.31. The van der Waals surface area contributed by atoms with Crippen LogP contribution in [-0.2, 0) is 9.84 Å². The van der Waals surface area contributed by atoms with Crippen LogP contribution in [0.3, 0.4) is 0 Å². The standard InChI is InChI=1S/C16H18ClNO2S/c1-3-21(19,20)16-9-7-15(8-10-16)18-12(2)13-5-4-6-14(17)11-13/h4-12,18H,3H2,1-2H3. The Morgan fingerprint density at radius 1 is 1.14 bits per heavy atom. The van der Waals surface area contributed by atoms with Gasteiger partial charge >= 0.3 is 0 Å². The molecule has 0 bridgehead atoms. The molecule has 0 spiro atoms. The second kappa shape index (κ2) is 6.50. The Balaban J connectivity index is 2.14. The fourth-order valence-electron chi connectivity index (χ4n) is 2.03. The van der Waals surface area contributed by atoms with Crippen molar-refractivity contribution in [3.63, 3.8) is 0 Å². The summed E-state index contributed by atoms with van der Waals surface area (Å²) in [5.74, 6) is 0.110. The number of rotatable bonds is 5. The van der Waals surface area contributed by atoms with E-state index < -0.39 is 9.84 Å². The Morgan fingerprint density at radius 3 is 2.38 bits per heavy atom. The molecular formula is C16H18ClNO2S. The molecule has 0 fully saturated rings. The van der Waals surface area contributed by atoms with Crippen molar-refractivity contribution in [2.24, 2.45) is 0 Å². The normalized spacial score (nSPS) is 12.9. The van der Waals surface area contributed by atoms with E-state index in [9.17, 15) is 8.42 Å². The van der Waals surface area contributed by atoms with Crippen LogP contribution in [0.2, 0.25) is 5.02 Å². The van der Waals surface area contributed by atoms with Crippen molar-refractivity contribution in [1.82, 2.24) is 0 Å². The molecule has 0 amide bonds. The molecule has 0 radical (unpaired) electrons. The molecule has 5 heteroatoms. The lowest BCUT2D eigenvalue weighted by atomic mass is 10.1. The summed E-state index contributed by atoms with van der Waals surface area (Å²) in [6.07, 6.45) is 0. The largest absolute Gasteiger partial charge is 0.379 e. The van der Waals surface area contributed by atoms with Gasteiger partial charge in [0.05, 0.1) is 10.6 Å². The van der Waals surface area contributed by atoms with E-state index in [0.29, 0.717) is 9.92 Å². The highest BCUT2D eigenvalue weighted by Gasteiger charge is 2.11. The van der Waals surface area contributed by atoms with Crippen molar-refractivity contribution in [1.29, 1.82) is 0 Å². The molecule has 3 nitrogen and oxygen atoms in total. The third-order valence-corrected chi connectivity index (χ3v) is 5.31. The number of hydrogen-bond acceptors (Lipinski definition) is 3. The zero-order valence-electron chi connectivity index (χ0n) is 12.0. The third-order valence-electron chi connectivity index (χ3n) is 3.33. The number of sulfone groups is 1. The second-order valence-electron chi connectivity index (χ2n) is 4.85. The topological polar surface area (TPSA) is 46.2 Å². The average Bonchev–Trinajstić information content (AvgIpc) is 2.48. The third kappa shape index (κ3) is 3.99. The average molecular weight is 324 g/mol. The van der Waals surface area contributed by atoms with Crippen molar-refractivity contribution >= 4 is 27.1 Å². The van der Waals surface area contributed by atoms with Crippen LogP contribution in [0.15, 0.2) is 53.4 Å². The van der Waals surface area contributed by atoms with Crippen LogP contribution < -0.4 is 5.32 Å². The van der Waals surface area contributed by atoms with Gasteiger partial charge in [0.15, 0.2) is 9.84 Å². The molecular weight excluding hydrogens is 306 g/mol. The summed E-state index contributed by atoms with van der Waals surface area (Å²) in [5.41, 5.74) is 1.95. The SMILES string of the molecule is CCS(=O)(=O)c1ccc(NC(C)c2cccc(Cl)c2)cc1. The quantitative estimate of drug-likeness (QED) is 0.892. The zero-order valence-corrected chi connectivity index (χ0v) is 13.6. The van der Waals surface area contributed by atoms with E-state index in [1.807, 2.05) is 31.2 Å². The van der Waals surface area contributed by atoms with Crippen LogP contribution in [0.5, 0.6) is 0 Å². The van der Waals surface area contributed by atoms with Crippen LogP contribution in [0.1, 0.15) is 25.5 Å². The second-order valence-corrected chi connectivity index (χ2v) is 7.56. The molecule has 0 saturated carbocycles. The van der Waals surface area contributed by atoms with E-state index in [1.165, 1.54) is 0 Å². The van der Waals surface area contributed by atoms with E-state index in [4.69, 9.17) is 11.6 Å².